The number of hydrogen-bond acceptors (Lipinski definition) is 4. The van der Waals surface area contributed by atoms with Crippen molar-refractivity contribution in [2.24, 2.45) is 4.99 Å². The van der Waals surface area contributed by atoms with Crippen LogP contribution in [0, 0.1) is 6.92 Å². The van der Waals surface area contributed by atoms with Gasteiger partial charge in [0, 0.05) is 36.3 Å². The molecule has 0 fully saturated rings. The molecule has 0 unspecified atom stereocenters. The van der Waals surface area contributed by atoms with Crippen molar-refractivity contribution in [3.63, 3.8) is 0 Å². The number of amides is 1. The number of nitrogens with two attached hydrogens (primary N) is 1. The summed E-state index contributed by atoms with van der Waals surface area (Å²) in [6.07, 6.45) is 5.40. The number of carbonyl (C=O) groups excluding carboxylic acids is 1. The first-order valence-electron chi connectivity index (χ1n) is 9.37. The van der Waals surface area contributed by atoms with Crippen molar-refractivity contribution in [1.29, 1.82) is 0 Å². The van der Waals surface area contributed by atoms with Crippen molar-refractivity contribution in [1.82, 2.24) is 10.3 Å². The SMILES string of the molecule is C=CN=Cc1c(Cc2cccc(C(=O)NCc3cccc(C)c3)c2)ccnc1N. The van der Waals surface area contributed by atoms with Crippen LogP contribution in [0.1, 0.15) is 38.2 Å². The highest BCUT2D eigenvalue weighted by molar-refractivity contribution is 5.94. The Morgan fingerprint density at radius 3 is 2.76 bits per heavy atom. The molecule has 5 nitrogen and oxygen atoms in total. The highest BCUT2D eigenvalue weighted by Gasteiger charge is 2.10. The maximum atomic E-state index is 12.6. The van der Waals surface area contributed by atoms with E-state index in [4.69, 9.17) is 5.73 Å². The van der Waals surface area contributed by atoms with Gasteiger partial charge in [-0.05, 0) is 48.2 Å². The van der Waals surface area contributed by atoms with Crippen LogP contribution in [0.2, 0.25) is 0 Å². The number of anilines is 1. The smallest absolute Gasteiger partial charge is 0.251 e. The number of nitrogen functional groups attached to an aromatic ring is 1. The minimum atomic E-state index is -0.101. The van der Waals surface area contributed by atoms with Gasteiger partial charge in [0.05, 0.1) is 0 Å². The summed E-state index contributed by atoms with van der Waals surface area (Å²) >= 11 is 0. The predicted molar refractivity (Wildman–Crippen MR) is 118 cm³/mol. The number of aliphatic imine (C=N–C) groups is 1. The van der Waals surface area contributed by atoms with Crippen LogP contribution in [-0.4, -0.2) is 17.1 Å². The lowest BCUT2D eigenvalue weighted by molar-refractivity contribution is 0.0951. The van der Waals surface area contributed by atoms with Gasteiger partial charge in [-0.2, -0.15) is 0 Å². The number of aromatic nitrogens is 1. The fraction of sp³-hybridized carbons (Fsp3) is 0.125. The van der Waals surface area contributed by atoms with E-state index in [2.05, 4.69) is 27.9 Å². The third kappa shape index (κ3) is 5.39. The molecule has 3 rings (SSSR count). The molecule has 3 aromatic rings. The van der Waals surface area contributed by atoms with E-state index in [-0.39, 0.29) is 5.91 Å². The number of aryl methyl sites for hydroxylation is 1. The van der Waals surface area contributed by atoms with Crippen LogP contribution in [0.3, 0.4) is 0 Å². The van der Waals surface area contributed by atoms with Gasteiger partial charge in [0.1, 0.15) is 5.82 Å². The van der Waals surface area contributed by atoms with E-state index in [1.807, 2.05) is 55.5 Å². The molecule has 0 saturated carbocycles. The second-order valence-electron chi connectivity index (χ2n) is 6.78. The number of hydrogen-bond donors (Lipinski definition) is 2. The van der Waals surface area contributed by atoms with Crippen molar-refractivity contribution in [3.8, 4) is 0 Å². The van der Waals surface area contributed by atoms with Crippen molar-refractivity contribution < 1.29 is 4.79 Å². The Labute approximate surface area is 171 Å². The largest absolute Gasteiger partial charge is 0.383 e. The van der Waals surface area contributed by atoms with Crippen LogP contribution in [0.15, 0.2) is 78.6 Å². The highest BCUT2D eigenvalue weighted by Crippen LogP contribution is 2.18. The third-order valence-electron chi connectivity index (χ3n) is 4.54. The monoisotopic (exact) mass is 384 g/mol. The molecule has 1 aromatic heterocycles. The third-order valence-corrected chi connectivity index (χ3v) is 4.54. The molecule has 0 aliphatic heterocycles. The lowest BCUT2D eigenvalue weighted by Gasteiger charge is -2.10. The number of nitrogens with one attached hydrogen (secondary N) is 1. The van der Waals surface area contributed by atoms with Crippen molar-refractivity contribution in [3.05, 3.63) is 107 Å². The Morgan fingerprint density at radius 2 is 1.97 bits per heavy atom. The van der Waals surface area contributed by atoms with Crippen molar-refractivity contribution in [2.45, 2.75) is 19.9 Å². The van der Waals surface area contributed by atoms with Crippen LogP contribution < -0.4 is 11.1 Å². The molecule has 1 amide bonds. The van der Waals surface area contributed by atoms with Crippen LogP contribution in [0.5, 0.6) is 0 Å². The molecule has 5 heteroatoms. The van der Waals surface area contributed by atoms with Gasteiger partial charge in [0.25, 0.3) is 5.91 Å². The van der Waals surface area contributed by atoms with Gasteiger partial charge in [0.2, 0.25) is 0 Å². The summed E-state index contributed by atoms with van der Waals surface area (Å²) in [6, 6.07) is 17.6. The van der Waals surface area contributed by atoms with Gasteiger partial charge in [-0.15, -0.1) is 0 Å². The lowest BCUT2D eigenvalue weighted by Crippen LogP contribution is -2.22. The molecule has 0 bridgehead atoms. The Balaban J connectivity index is 1.74. The molecule has 2 aromatic carbocycles. The zero-order valence-corrected chi connectivity index (χ0v) is 16.4. The Kier molecular flexibility index (Phi) is 6.53. The Hall–Kier alpha value is -3.73. The number of carbonyl (C=O) groups is 1. The van der Waals surface area contributed by atoms with Gasteiger partial charge >= 0.3 is 0 Å². The summed E-state index contributed by atoms with van der Waals surface area (Å²) in [7, 11) is 0. The summed E-state index contributed by atoms with van der Waals surface area (Å²) in [6.45, 7) is 6.12. The van der Waals surface area contributed by atoms with E-state index < -0.39 is 0 Å². The minimum Gasteiger partial charge on any atom is -0.383 e. The van der Waals surface area contributed by atoms with Crippen LogP contribution in [0.25, 0.3) is 0 Å². The van der Waals surface area contributed by atoms with E-state index in [1.54, 1.807) is 12.4 Å². The predicted octanol–water partition coefficient (Wildman–Crippen LogP) is 4.06. The maximum absolute atomic E-state index is 12.6. The normalized spacial score (nSPS) is 10.8. The van der Waals surface area contributed by atoms with Gasteiger partial charge in [-0.25, -0.2) is 4.98 Å². The average molecular weight is 384 g/mol. The molecule has 0 atom stereocenters. The van der Waals surface area contributed by atoms with Gasteiger partial charge in [-0.1, -0.05) is 48.5 Å². The molecule has 0 saturated heterocycles. The van der Waals surface area contributed by atoms with E-state index in [1.165, 1.54) is 11.8 Å². The topological polar surface area (TPSA) is 80.4 Å². The summed E-state index contributed by atoms with van der Waals surface area (Å²) in [5, 5.41) is 2.98. The highest BCUT2D eigenvalue weighted by atomic mass is 16.1. The van der Waals surface area contributed by atoms with E-state index in [0.717, 1.165) is 22.3 Å². The van der Waals surface area contributed by atoms with Crippen LogP contribution in [0.4, 0.5) is 5.82 Å². The average Bonchev–Trinajstić information content (AvgIpc) is 2.72. The van der Waals surface area contributed by atoms with Crippen LogP contribution in [-0.2, 0) is 13.0 Å². The van der Waals surface area contributed by atoms with Gasteiger partial charge < -0.3 is 11.1 Å². The first-order valence-corrected chi connectivity index (χ1v) is 9.37. The molecule has 0 radical (unpaired) electrons. The fourth-order valence-electron chi connectivity index (χ4n) is 3.11. The second-order valence-corrected chi connectivity index (χ2v) is 6.78. The Bertz CT molecular complexity index is 1060. The van der Waals surface area contributed by atoms with Crippen LogP contribution >= 0.6 is 0 Å². The second kappa shape index (κ2) is 9.46. The van der Waals surface area contributed by atoms with Gasteiger partial charge in [0.15, 0.2) is 0 Å². The maximum Gasteiger partial charge on any atom is 0.251 e. The molecule has 29 heavy (non-hydrogen) atoms. The Morgan fingerprint density at radius 1 is 1.17 bits per heavy atom. The molecule has 1 heterocycles. The minimum absolute atomic E-state index is 0.101. The van der Waals surface area contributed by atoms with E-state index in [0.29, 0.717) is 24.3 Å². The lowest BCUT2D eigenvalue weighted by atomic mass is 9.99. The van der Waals surface area contributed by atoms with E-state index in [9.17, 15) is 4.79 Å². The molecule has 0 aliphatic rings. The molecule has 146 valence electrons. The zero-order chi connectivity index (χ0) is 20.6. The number of benzene rings is 2. The molecular weight excluding hydrogens is 360 g/mol. The number of pyridine rings is 1. The first-order chi connectivity index (χ1) is 14.1. The fourth-order valence-corrected chi connectivity index (χ4v) is 3.11. The molecule has 3 N–H and O–H groups in total. The number of nitrogens with zero attached hydrogens (tertiary/aromatic N) is 2. The summed E-state index contributed by atoms with van der Waals surface area (Å²) in [5.74, 6) is 0.316. The van der Waals surface area contributed by atoms with E-state index >= 15 is 0 Å². The molecular formula is C24H24N4O. The zero-order valence-electron chi connectivity index (χ0n) is 16.4. The first kappa shape index (κ1) is 20.0. The molecule has 0 aliphatic carbocycles. The van der Waals surface area contributed by atoms with Crippen molar-refractivity contribution in [2.75, 3.05) is 5.73 Å². The van der Waals surface area contributed by atoms with Gasteiger partial charge in [-0.3, -0.25) is 9.79 Å². The summed E-state index contributed by atoms with van der Waals surface area (Å²) in [5.41, 5.74) is 11.6. The molecule has 0 spiro atoms. The summed E-state index contributed by atoms with van der Waals surface area (Å²) < 4.78 is 0. The van der Waals surface area contributed by atoms with Crippen molar-refractivity contribution >= 4 is 17.9 Å². The standard InChI is InChI=1S/C24H24N4O/c1-3-26-16-22-20(10-11-27-23(22)25)13-18-7-5-9-21(14-18)24(29)28-15-19-8-4-6-17(2)12-19/h3-12,14,16H,1,13,15H2,2H3,(H2,25,27)(H,28,29). The quantitative estimate of drug-likeness (QED) is 0.603. The summed E-state index contributed by atoms with van der Waals surface area (Å²) in [4.78, 5) is 20.8. The number of rotatable bonds is 7.